The van der Waals surface area contributed by atoms with Crippen LogP contribution in [0.1, 0.15) is 72.3 Å². The van der Waals surface area contributed by atoms with Crippen molar-refractivity contribution in [3.8, 4) is 11.5 Å². The Balaban J connectivity index is 0.000000320. The molecule has 0 aliphatic carbocycles. The van der Waals surface area contributed by atoms with Crippen LogP contribution in [0.25, 0.3) is 0 Å². The number of ether oxygens (including phenoxy) is 3. The highest BCUT2D eigenvalue weighted by molar-refractivity contribution is 7.18. The van der Waals surface area contributed by atoms with E-state index in [0.29, 0.717) is 16.0 Å². The van der Waals surface area contributed by atoms with Crippen molar-refractivity contribution >= 4 is 91.8 Å². The zero-order chi connectivity index (χ0) is 55.1. The topological polar surface area (TPSA) is 303 Å². The predicted octanol–water partition coefficient (Wildman–Crippen LogP) is 5.66. The smallest absolute Gasteiger partial charge is 0.435 e. The average molecular weight is 1100 g/mol. The number of carbonyl (C=O) groups excluding carboxylic acids is 8. The number of hydrogen-bond acceptors (Lipinski definition) is 18. The number of alkyl carbamates (subject to hydrolysis) is 1. The van der Waals surface area contributed by atoms with Gasteiger partial charge in [0.05, 0.1) is 38.5 Å². The van der Waals surface area contributed by atoms with Crippen LogP contribution >= 0.6 is 34.0 Å². The van der Waals surface area contributed by atoms with Gasteiger partial charge in [0.15, 0.2) is 21.7 Å². The Labute approximate surface area is 427 Å². The molecule has 30 heteroatoms. The number of esters is 2. The first-order valence-electron chi connectivity index (χ1n) is 20.9. The molecule has 0 saturated carbocycles. The number of nitrogens with zero attached hydrogens (tertiary/aromatic N) is 2. The zero-order valence-electron chi connectivity index (χ0n) is 39.1. The summed E-state index contributed by atoms with van der Waals surface area (Å²) in [6, 6.07) is 11.5. The predicted molar refractivity (Wildman–Crippen MR) is 253 cm³/mol. The van der Waals surface area contributed by atoms with E-state index in [4.69, 9.17) is 4.74 Å². The average Bonchev–Trinajstić information content (AvgIpc) is 4.09. The summed E-state index contributed by atoms with van der Waals surface area (Å²) in [6.07, 6.45) is -11.6. The fraction of sp³-hybridized carbons (Fsp3) is 0.318. The molecule has 398 valence electrons. The number of aromatic nitrogens is 2. The Morgan fingerprint density at radius 3 is 1.42 bits per heavy atom. The number of anilines is 2. The fourth-order valence-corrected chi connectivity index (χ4v) is 8.23. The van der Waals surface area contributed by atoms with E-state index in [1.165, 1.54) is 54.6 Å². The van der Waals surface area contributed by atoms with Crippen molar-refractivity contribution in [2.24, 2.45) is 0 Å². The molecular weight excluding hydrogens is 1060 g/mol. The van der Waals surface area contributed by atoms with Crippen molar-refractivity contribution in [2.75, 3.05) is 37.9 Å². The highest BCUT2D eigenvalue weighted by Gasteiger charge is 2.42. The summed E-state index contributed by atoms with van der Waals surface area (Å²) >= 11 is 1.63. The molecule has 0 unspecified atom stereocenters. The normalized spacial score (nSPS) is 12.1. The van der Waals surface area contributed by atoms with Gasteiger partial charge in [-0.05, 0) is 67.6 Å². The molecule has 21 nitrogen and oxygen atoms in total. The molecule has 0 saturated heterocycles. The van der Waals surface area contributed by atoms with Gasteiger partial charge in [-0.2, -0.15) is 26.3 Å². The third-order valence-corrected chi connectivity index (χ3v) is 11.7. The van der Waals surface area contributed by atoms with Crippen molar-refractivity contribution in [3.05, 3.63) is 103 Å². The molecule has 2 aromatic carbocycles. The molecule has 0 aliphatic heterocycles. The lowest BCUT2D eigenvalue weighted by atomic mass is 10.1. The van der Waals surface area contributed by atoms with E-state index in [9.17, 15) is 74.9 Å². The maximum atomic E-state index is 13.6. The van der Waals surface area contributed by atoms with E-state index in [2.05, 4.69) is 51.3 Å². The lowest BCUT2D eigenvalue weighted by Crippen LogP contribution is -2.49. The van der Waals surface area contributed by atoms with Crippen LogP contribution in [0, 0.1) is 0 Å². The van der Waals surface area contributed by atoms with Gasteiger partial charge >= 0.3 is 30.4 Å². The molecule has 0 bridgehead atoms. The minimum atomic E-state index is -5.06. The summed E-state index contributed by atoms with van der Waals surface area (Å²) in [6.45, 7) is 3.78. The van der Waals surface area contributed by atoms with Gasteiger partial charge in [0.1, 0.15) is 38.9 Å². The highest BCUT2D eigenvalue weighted by atomic mass is 32.1. The number of rotatable bonds is 17. The third-order valence-electron chi connectivity index (χ3n) is 8.89. The molecule has 0 radical (unpaired) electrons. The summed E-state index contributed by atoms with van der Waals surface area (Å²) in [5.74, 6) is -6.90. The van der Waals surface area contributed by atoms with Crippen LogP contribution in [0.4, 0.5) is 41.4 Å². The van der Waals surface area contributed by atoms with Crippen LogP contribution in [0.2, 0.25) is 0 Å². The van der Waals surface area contributed by atoms with Gasteiger partial charge < -0.3 is 56.3 Å². The van der Waals surface area contributed by atoms with Gasteiger partial charge in [0.2, 0.25) is 11.8 Å². The number of amides is 6. The van der Waals surface area contributed by atoms with Crippen molar-refractivity contribution in [2.45, 2.75) is 63.7 Å². The highest BCUT2D eigenvalue weighted by Crippen LogP contribution is 2.37. The van der Waals surface area contributed by atoms with Crippen molar-refractivity contribution in [3.63, 3.8) is 0 Å². The lowest BCUT2D eigenvalue weighted by Gasteiger charge is -2.21. The number of carbonyl (C=O) groups is 8. The molecule has 0 aliphatic rings. The standard InChI is InChI=1S/C22H25F3N4O7S.C22H19F3N4O6S2/c1-21(2,3)36-20(34)26-10-13(18(33)35-4)27-17(32)15-16(22(23,24)25)29-19(37-15)28-14(31)9-11-6-5-7-12(30)8-11;1-35-20(34)13(10-26-18(32)14-6-3-7-36-14)27-19(33)16-17(22(23,24)25)29-21(37-16)28-15(31)9-11-4-2-5-12(30)8-11/h5-8,13,30H,9-10H2,1-4H3,(H,26,34)(H,27,32)(H,28,29,31);2-8,13,30H,9-10H2,1H3,(H,26,32)(H,27,33)(H,28,29,31)/t2*13-/m00/s1. The van der Waals surface area contributed by atoms with Crippen molar-refractivity contribution in [1.82, 2.24) is 31.2 Å². The van der Waals surface area contributed by atoms with Crippen LogP contribution in [-0.4, -0.2) is 113 Å². The molecule has 3 aromatic heterocycles. The third kappa shape index (κ3) is 18.3. The summed E-state index contributed by atoms with van der Waals surface area (Å²) in [4.78, 5) is 103. The van der Waals surface area contributed by atoms with E-state index >= 15 is 0 Å². The molecule has 8 N–H and O–H groups in total. The Bertz CT molecular complexity index is 2830. The molecule has 0 fully saturated rings. The number of thiazole rings is 2. The van der Waals surface area contributed by atoms with Gasteiger partial charge in [-0.15, -0.1) is 11.3 Å². The molecule has 5 rings (SSSR count). The second kappa shape index (κ2) is 25.7. The fourth-order valence-electron chi connectivity index (χ4n) is 5.78. The number of thiophene rings is 1. The monoisotopic (exact) mass is 1100 g/mol. The Kier molecular flexibility index (Phi) is 20.4. The maximum Gasteiger partial charge on any atom is 0.435 e. The maximum absolute atomic E-state index is 13.6. The number of phenolic OH excluding ortho intramolecular Hbond substituents is 2. The number of alkyl halides is 6. The SMILES string of the molecule is COC(=O)[C@H](CNC(=O)OC(C)(C)C)NC(=O)c1sc(NC(=O)Cc2cccc(O)c2)nc1C(F)(F)F.COC(=O)[C@H](CNC(=O)c1cccs1)NC(=O)c1sc(NC(=O)Cc2cccc(O)c2)nc1C(F)(F)F. The van der Waals surface area contributed by atoms with Gasteiger partial charge in [-0.3, -0.25) is 24.0 Å². The number of hydrogen-bond donors (Lipinski definition) is 8. The molecule has 3 heterocycles. The molecule has 2 atom stereocenters. The van der Waals surface area contributed by atoms with Crippen LogP contribution in [0.3, 0.4) is 0 Å². The number of nitrogens with one attached hydrogen (secondary N) is 6. The summed E-state index contributed by atoms with van der Waals surface area (Å²) in [7, 11) is 2.00. The van der Waals surface area contributed by atoms with Crippen LogP contribution in [0.5, 0.6) is 11.5 Å². The summed E-state index contributed by atoms with van der Waals surface area (Å²) < 4.78 is 95.7. The van der Waals surface area contributed by atoms with E-state index in [-0.39, 0.29) is 47.0 Å². The molecule has 6 amide bonds. The van der Waals surface area contributed by atoms with Gasteiger partial charge in [0, 0.05) is 6.54 Å². The summed E-state index contributed by atoms with van der Waals surface area (Å²) in [5.41, 5.74) is -3.21. The van der Waals surface area contributed by atoms with E-state index < -0.39 is 122 Å². The summed E-state index contributed by atoms with van der Waals surface area (Å²) in [5, 5.41) is 32.8. The van der Waals surface area contributed by atoms with Crippen molar-refractivity contribution in [1.29, 1.82) is 0 Å². The largest absolute Gasteiger partial charge is 0.508 e. The lowest BCUT2D eigenvalue weighted by molar-refractivity contribution is -0.143. The zero-order valence-corrected chi connectivity index (χ0v) is 41.6. The first kappa shape index (κ1) is 58.7. The van der Waals surface area contributed by atoms with Gasteiger partial charge in [-0.25, -0.2) is 24.4 Å². The Hall–Kier alpha value is -7.86. The van der Waals surface area contributed by atoms with Gasteiger partial charge in [-0.1, -0.05) is 53.0 Å². The molecule has 5 aromatic rings. The first-order chi connectivity index (χ1) is 34.6. The second-order valence-corrected chi connectivity index (χ2v) is 18.8. The van der Waals surface area contributed by atoms with Gasteiger partial charge in [0.25, 0.3) is 17.7 Å². The molecular formula is C44H44F6N8O13S3. The second-order valence-electron chi connectivity index (χ2n) is 15.8. The number of halogens is 6. The van der Waals surface area contributed by atoms with Crippen molar-refractivity contribution < 1.29 is 89.1 Å². The first-order valence-corrected chi connectivity index (χ1v) is 23.5. The number of methoxy groups -OCH3 is 2. The number of phenols is 2. The van der Waals surface area contributed by atoms with E-state index in [1.807, 2.05) is 0 Å². The minimum Gasteiger partial charge on any atom is -0.508 e. The quantitative estimate of drug-likeness (QED) is 0.0317. The number of benzene rings is 2. The Morgan fingerprint density at radius 2 is 1.05 bits per heavy atom. The van der Waals surface area contributed by atoms with E-state index in [1.54, 1.807) is 32.2 Å². The van der Waals surface area contributed by atoms with Crippen LogP contribution in [0.15, 0.2) is 66.0 Å². The van der Waals surface area contributed by atoms with Crippen LogP contribution in [-0.2, 0) is 58.6 Å². The molecule has 0 spiro atoms. The van der Waals surface area contributed by atoms with Crippen LogP contribution < -0.4 is 31.9 Å². The number of aromatic hydroxyl groups is 2. The van der Waals surface area contributed by atoms with E-state index in [0.717, 1.165) is 25.6 Å². The Morgan fingerprint density at radius 1 is 0.622 bits per heavy atom. The minimum absolute atomic E-state index is 0.0930. The molecule has 74 heavy (non-hydrogen) atoms.